The maximum atomic E-state index is 11.5. The lowest BCUT2D eigenvalue weighted by atomic mass is 10.1. The first-order valence-electron chi connectivity index (χ1n) is 7.66. The van der Waals surface area contributed by atoms with E-state index in [0.29, 0.717) is 23.7 Å². The molecule has 1 aromatic heterocycles. The van der Waals surface area contributed by atoms with E-state index >= 15 is 0 Å². The highest BCUT2D eigenvalue weighted by molar-refractivity contribution is 7.92. The molecule has 6 nitrogen and oxygen atoms in total. The van der Waals surface area contributed by atoms with Gasteiger partial charge in [-0.2, -0.15) is 0 Å². The van der Waals surface area contributed by atoms with Crippen molar-refractivity contribution in [3.05, 3.63) is 40.9 Å². The Bertz CT molecular complexity index is 783. The molecule has 0 atom stereocenters. The molecular weight excluding hydrogens is 348 g/mol. The number of sulfonamides is 1. The van der Waals surface area contributed by atoms with Gasteiger partial charge in [-0.05, 0) is 37.5 Å². The molecule has 0 saturated carbocycles. The van der Waals surface area contributed by atoms with Crippen LogP contribution in [-0.4, -0.2) is 25.1 Å². The molecule has 24 heavy (non-hydrogen) atoms. The zero-order valence-electron chi connectivity index (χ0n) is 13.6. The third-order valence-corrected chi connectivity index (χ3v) is 5.49. The molecule has 0 unspecified atom stereocenters. The number of aromatic nitrogens is 1. The Balaban J connectivity index is 1.89. The Hall–Kier alpha value is -1.93. The molecule has 0 bridgehead atoms. The number of ether oxygens (including phenoxy) is 1. The molecule has 0 aliphatic carbocycles. The molecule has 0 aliphatic rings. The van der Waals surface area contributed by atoms with Crippen LogP contribution in [0.25, 0.3) is 0 Å². The third-order valence-electron chi connectivity index (χ3n) is 3.29. The molecule has 1 N–H and O–H groups in total. The highest BCUT2D eigenvalue weighted by Crippen LogP contribution is 2.19. The molecule has 0 amide bonds. The summed E-state index contributed by atoms with van der Waals surface area (Å²) in [5.74, 6) is 0.305. The second-order valence-electron chi connectivity index (χ2n) is 5.12. The average Bonchev–Trinajstić information content (AvgIpc) is 3.00. The van der Waals surface area contributed by atoms with Gasteiger partial charge in [0.05, 0.1) is 11.4 Å². The number of esters is 1. The molecule has 2 aromatic rings. The lowest BCUT2D eigenvalue weighted by Gasteiger charge is -2.04. The van der Waals surface area contributed by atoms with Crippen molar-refractivity contribution in [3.63, 3.8) is 0 Å². The SMILES string of the molecule is CCC(=O)Oc1ccc(CCc2csc(NS(=O)(=O)CC)n2)cc1. The van der Waals surface area contributed by atoms with E-state index in [4.69, 9.17) is 4.74 Å². The fourth-order valence-corrected chi connectivity index (χ4v) is 3.49. The highest BCUT2D eigenvalue weighted by Gasteiger charge is 2.10. The Labute approximate surface area is 145 Å². The van der Waals surface area contributed by atoms with Crippen molar-refractivity contribution in [2.45, 2.75) is 33.1 Å². The monoisotopic (exact) mass is 368 g/mol. The van der Waals surface area contributed by atoms with E-state index in [0.717, 1.165) is 17.7 Å². The fourth-order valence-electron chi connectivity index (χ4n) is 1.87. The van der Waals surface area contributed by atoms with Crippen LogP contribution in [0.15, 0.2) is 29.6 Å². The predicted octanol–water partition coefficient (Wildman–Crippen LogP) is 3.01. The van der Waals surface area contributed by atoms with Crippen LogP contribution in [0.3, 0.4) is 0 Å². The van der Waals surface area contributed by atoms with Crippen LogP contribution in [0, 0.1) is 0 Å². The van der Waals surface area contributed by atoms with Crippen LogP contribution >= 0.6 is 11.3 Å². The molecule has 1 aromatic carbocycles. The van der Waals surface area contributed by atoms with E-state index in [-0.39, 0.29) is 11.7 Å². The van der Waals surface area contributed by atoms with Crippen LogP contribution in [0.1, 0.15) is 31.5 Å². The van der Waals surface area contributed by atoms with Gasteiger partial charge in [-0.1, -0.05) is 19.1 Å². The Morgan fingerprint density at radius 3 is 2.54 bits per heavy atom. The molecule has 0 fully saturated rings. The largest absolute Gasteiger partial charge is 0.427 e. The van der Waals surface area contributed by atoms with E-state index in [1.807, 2.05) is 17.5 Å². The van der Waals surface area contributed by atoms with Crippen molar-refractivity contribution >= 4 is 32.5 Å². The number of carbonyl (C=O) groups excluding carboxylic acids is 1. The summed E-state index contributed by atoms with van der Waals surface area (Å²) in [6.45, 7) is 3.33. The van der Waals surface area contributed by atoms with Crippen LogP contribution in [0.5, 0.6) is 5.75 Å². The number of carbonyl (C=O) groups is 1. The van der Waals surface area contributed by atoms with Crippen molar-refractivity contribution in [1.29, 1.82) is 0 Å². The van der Waals surface area contributed by atoms with Crippen LogP contribution in [-0.2, 0) is 27.7 Å². The number of thiazole rings is 1. The quantitative estimate of drug-likeness (QED) is 0.572. The molecule has 1 heterocycles. The van der Waals surface area contributed by atoms with E-state index < -0.39 is 10.0 Å². The summed E-state index contributed by atoms with van der Waals surface area (Å²) in [5, 5.41) is 2.25. The second kappa shape index (κ2) is 8.25. The molecule has 0 radical (unpaired) electrons. The van der Waals surface area contributed by atoms with Gasteiger partial charge in [0.15, 0.2) is 5.13 Å². The van der Waals surface area contributed by atoms with Crippen LogP contribution in [0.4, 0.5) is 5.13 Å². The zero-order valence-corrected chi connectivity index (χ0v) is 15.2. The molecule has 0 aliphatic heterocycles. The molecular formula is C16H20N2O4S2. The predicted molar refractivity (Wildman–Crippen MR) is 95.0 cm³/mol. The first kappa shape index (κ1) is 18.4. The number of nitrogens with zero attached hydrogens (tertiary/aromatic N) is 1. The number of rotatable bonds is 8. The highest BCUT2D eigenvalue weighted by atomic mass is 32.2. The lowest BCUT2D eigenvalue weighted by molar-refractivity contribution is -0.134. The topological polar surface area (TPSA) is 85.4 Å². The average molecular weight is 368 g/mol. The number of hydrogen-bond donors (Lipinski definition) is 1. The molecule has 130 valence electrons. The molecule has 8 heteroatoms. The van der Waals surface area contributed by atoms with Gasteiger partial charge in [-0.25, -0.2) is 13.4 Å². The van der Waals surface area contributed by atoms with E-state index in [9.17, 15) is 13.2 Å². The van der Waals surface area contributed by atoms with Crippen LogP contribution in [0.2, 0.25) is 0 Å². The summed E-state index contributed by atoms with van der Waals surface area (Å²) in [6.07, 6.45) is 1.82. The van der Waals surface area contributed by atoms with Gasteiger partial charge in [-0.3, -0.25) is 9.52 Å². The summed E-state index contributed by atoms with van der Waals surface area (Å²) in [6, 6.07) is 7.35. The maximum Gasteiger partial charge on any atom is 0.310 e. The summed E-state index contributed by atoms with van der Waals surface area (Å²) in [4.78, 5) is 15.5. The lowest BCUT2D eigenvalue weighted by Crippen LogP contribution is -2.14. The van der Waals surface area contributed by atoms with Gasteiger partial charge in [0.25, 0.3) is 0 Å². The van der Waals surface area contributed by atoms with Gasteiger partial charge < -0.3 is 4.74 Å². The Morgan fingerprint density at radius 2 is 1.92 bits per heavy atom. The first-order chi connectivity index (χ1) is 11.4. The van der Waals surface area contributed by atoms with Crippen LogP contribution < -0.4 is 9.46 Å². The second-order valence-corrected chi connectivity index (χ2v) is 7.99. The number of hydrogen-bond acceptors (Lipinski definition) is 6. The van der Waals surface area contributed by atoms with E-state index in [2.05, 4.69) is 9.71 Å². The minimum atomic E-state index is -3.29. The maximum absolute atomic E-state index is 11.5. The van der Waals surface area contributed by atoms with Gasteiger partial charge in [0.1, 0.15) is 5.75 Å². The fraction of sp³-hybridized carbons (Fsp3) is 0.375. The standard InChI is InChI=1S/C16H20N2O4S2/c1-3-15(19)22-14-9-6-12(7-10-14)5-8-13-11-23-16(17-13)18-24(20,21)4-2/h6-7,9-11H,3-5,8H2,1-2H3,(H,17,18). The minimum absolute atomic E-state index is 0.0247. The molecule has 0 spiro atoms. The van der Waals surface area contributed by atoms with E-state index in [1.165, 1.54) is 11.3 Å². The van der Waals surface area contributed by atoms with Gasteiger partial charge >= 0.3 is 5.97 Å². The van der Waals surface area contributed by atoms with Crippen molar-refractivity contribution in [2.75, 3.05) is 10.5 Å². The Kier molecular flexibility index (Phi) is 6.33. The molecule has 2 rings (SSSR count). The van der Waals surface area contributed by atoms with Gasteiger partial charge in [0, 0.05) is 11.8 Å². The third kappa shape index (κ3) is 5.61. The van der Waals surface area contributed by atoms with Crippen molar-refractivity contribution < 1.29 is 17.9 Å². The summed E-state index contributed by atoms with van der Waals surface area (Å²) < 4.78 is 30.6. The van der Waals surface area contributed by atoms with Crippen molar-refractivity contribution in [2.24, 2.45) is 0 Å². The normalized spacial score (nSPS) is 11.2. The van der Waals surface area contributed by atoms with Gasteiger partial charge in [0.2, 0.25) is 10.0 Å². The first-order valence-corrected chi connectivity index (χ1v) is 10.2. The zero-order chi connectivity index (χ0) is 17.6. The smallest absolute Gasteiger partial charge is 0.310 e. The number of anilines is 1. The van der Waals surface area contributed by atoms with Crippen molar-refractivity contribution in [1.82, 2.24) is 4.98 Å². The number of benzene rings is 1. The van der Waals surface area contributed by atoms with E-state index in [1.54, 1.807) is 26.0 Å². The number of nitrogens with one attached hydrogen (secondary N) is 1. The van der Waals surface area contributed by atoms with Gasteiger partial charge in [-0.15, -0.1) is 11.3 Å². The van der Waals surface area contributed by atoms with Crippen molar-refractivity contribution in [3.8, 4) is 5.75 Å². The summed E-state index contributed by atoms with van der Waals surface area (Å²) in [5.41, 5.74) is 1.94. The number of aryl methyl sites for hydroxylation is 2. The minimum Gasteiger partial charge on any atom is -0.427 e. The molecule has 0 saturated heterocycles. The summed E-state index contributed by atoms with van der Waals surface area (Å²) in [7, 11) is -3.29. The summed E-state index contributed by atoms with van der Waals surface area (Å²) >= 11 is 1.28. The Morgan fingerprint density at radius 1 is 1.21 bits per heavy atom.